The molecule has 0 radical (unpaired) electrons. The number of rotatable bonds is 2. The number of hydrogen-bond acceptors (Lipinski definition) is 4. The molecule has 1 amide bonds. The Kier molecular flexibility index (Phi) is 4.05. The number of aryl methyl sites for hydroxylation is 1. The number of fused-ring (bicyclic) bond motifs is 3. The van der Waals surface area contributed by atoms with Crippen LogP contribution < -0.4 is 10.5 Å². The molecule has 2 atom stereocenters. The van der Waals surface area contributed by atoms with Crippen molar-refractivity contribution in [2.45, 2.75) is 25.7 Å². The van der Waals surface area contributed by atoms with Crippen molar-refractivity contribution >= 4 is 11.6 Å². The van der Waals surface area contributed by atoms with Crippen LogP contribution in [-0.4, -0.2) is 48.0 Å². The number of H-pyrrole nitrogens is 1. The Morgan fingerprint density at radius 1 is 1.23 bits per heavy atom. The summed E-state index contributed by atoms with van der Waals surface area (Å²) in [4.78, 5) is 36.5. The summed E-state index contributed by atoms with van der Waals surface area (Å²) in [6.45, 7) is 3.20. The van der Waals surface area contributed by atoms with Crippen molar-refractivity contribution in [1.82, 2.24) is 14.9 Å². The number of nitrogens with zero attached hydrogens (tertiary/aromatic N) is 3. The fourth-order valence-corrected chi connectivity index (χ4v) is 4.23. The first-order valence-electron chi connectivity index (χ1n) is 9.10. The first kappa shape index (κ1) is 16.8. The maximum absolute atomic E-state index is 12.9. The quantitative estimate of drug-likeness (QED) is 0.897. The third-order valence-electron chi connectivity index (χ3n) is 5.64. The average molecular weight is 352 g/mol. The van der Waals surface area contributed by atoms with E-state index < -0.39 is 0 Å². The highest BCUT2D eigenvalue weighted by atomic mass is 16.2. The zero-order chi connectivity index (χ0) is 18.4. The Morgan fingerprint density at radius 2 is 1.96 bits per heavy atom. The van der Waals surface area contributed by atoms with Gasteiger partial charge in [-0.2, -0.15) is 0 Å². The number of benzene rings is 1. The number of aromatic amines is 1. The van der Waals surface area contributed by atoms with Crippen LogP contribution in [0.2, 0.25) is 0 Å². The highest BCUT2D eigenvalue weighted by molar-refractivity contribution is 5.94. The average Bonchev–Trinajstić information content (AvgIpc) is 3.05. The van der Waals surface area contributed by atoms with Gasteiger partial charge in [-0.15, -0.1) is 0 Å². The molecular formula is C20H24N4O2. The Balaban J connectivity index is 1.58. The second-order valence-electron chi connectivity index (χ2n) is 7.57. The van der Waals surface area contributed by atoms with Gasteiger partial charge in [-0.1, -0.05) is 0 Å². The number of carbonyl (C=O) groups excluding carboxylic acids is 1. The third-order valence-corrected chi connectivity index (χ3v) is 5.64. The van der Waals surface area contributed by atoms with Gasteiger partial charge in [0, 0.05) is 49.9 Å². The van der Waals surface area contributed by atoms with Gasteiger partial charge < -0.3 is 14.8 Å². The molecule has 2 heterocycles. The van der Waals surface area contributed by atoms with E-state index >= 15 is 0 Å². The van der Waals surface area contributed by atoms with Crippen LogP contribution in [-0.2, 0) is 6.42 Å². The molecule has 26 heavy (non-hydrogen) atoms. The molecule has 0 unspecified atom stereocenters. The number of hydrogen-bond donors (Lipinski definition) is 1. The van der Waals surface area contributed by atoms with Gasteiger partial charge in [0.05, 0.1) is 5.69 Å². The Labute approximate surface area is 152 Å². The molecule has 1 aliphatic heterocycles. The lowest BCUT2D eigenvalue weighted by molar-refractivity contribution is 0.0786. The van der Waals surface area contributed by atoms with Crippen molar-refractivity contribution in [2.75, 3.05) is 32.1 Å². The summed E-state index contributed by atoms with van der Waals surface area (Å²) in [6, 6.07) is 7.72. The minimum absolute atomic E-state index is 0.0185. The van der Waals surface area contributed by atoms with Crippen molar-refractivity contribution in [3.63, 3.8) is 0 Å². The summed E-state index contributed by atoms with van der Waals surface area (Å²) in [6.07, 6.45) is 1.69. The lowest BCUT2D eigenvalue weighted by Gasteiger charge is -2.25. The van der Waals surface area contributed by atoms with Crippen LogP contribution in [0, 0.1) is 12.8 Å². The van der Waals surface area contributed by atoms with Gasteiger partial charge >= 0.3 is 0 Å². The van der Waals surface area contributed by atoms with E-state index in [0.29, 0.717) is 23.9 Å². The number of carbonyl (C=O) groups is 1. The molecule has 1 aliphatic carbocycles. The molecule has 1 N–H and O–H groups in total. The van der Waals surface area contributed by atoms with Crippen molar-refractivity contribution < 1.29 is 4.79 Å². The van der Waals surface area contributed by atoms with E-state index in [1.807, 2.05) is 55.1 Å². The molecule has 1 aromatic carbocycles. The molecule has 0 saturated carbocycles. The van der Waals surface area contributed by atoms with Crippen LogP contribution in [0.3, 0.4) is 0 Å². The summed E-state index contributed by atoms with van der Waals surface area (Å²) in [5, 5.41) is 0. The van der Waals surface area contributed by atoms with Gasteiger partial charge in [0.15, 0.2) is 0 Å². The Morgan fingerprint density at radius 3 is 2.65 bits per heavy atom. The van der Waals surface area contributed by atoms with Gasteiger partial charge in [-0.25, -0.2) is 4.98 Å². The highest BCUT2D eigenvalue weighted by Gasteiger charge is 2.41. The fourth-order valence-electron chi connectivity index (χ4n) is 4.23. The number of amides is 1. The van der Waals surface area contributed by atoms with E-state index in [0.717, 1.165) is 36.3 Å². The van der Waals surface area contributed by atoms with Crippen molar-refractivity contribution in [2.24, 2.45) is 5.92 Å². The molecule has 1 fully saturated rings. The first-order valence-corrected chi connectivity index (χ1v) is 9.10. The predicted molar refractivity (Wildman–Crippen MR) is 101 cm³/mol. The van der Waals surface area contributed by atoms with Crippen LogP contribution in [0.15, 0.2) is 29.1 Å². The lowest BCUT2D eigenvalue weighted by atomic mass is 9.80. The number of anilines is 1. The monoisotopic (exact) mass is 352 g/mol. The Hall–Kier alpha value is -2.63. The first-order chi connectivity index (χ1) is 12.4. The second kappa shape index (κ2) is 6.27. The minimum atomic E-state index is -0.0185. The summed E-state index contributed by atoms with van der Waals surface area (Å²) in [5.74, 6) is 1.28. The number of likely N-dealkylation sites (tertiary alicyclic amines) is 1. The van der Waals surface area contributed by atoms with Crippen LogP contribution in [0.5, 0.6) is 0 Å². The molecule has 0 spiro atoms. The van der Waals surface area contributed by atoms with E-state index in [9.17, 15) is 9.59 Å². The van der Waals surface area contributed by atoms with Crippen molar-refractivity contribution in [1.29, 1.82) is 0 Å². The zero-order valence-corrected chi connectivity index (χ0v) is 15.5. The normalized spacial score (nSPS) is 21.3. The van der Waals surface area contributed by atoms with E-state index in [1.54, 1.807) is 0 Å². The minimum Gasteiger partial charge on any atom is -0.378 e. The van der Waals surface area contributed by atoms with E-state index in [-0.39, 0.29) is 17.4 Å². The summed E-state index contributed by atoms with van der Waals surface area (Å²) in [5.41, 5.74) is 3.48. The third kappa shape index (κ3) is 2.79. The molecule has 0 bridgehead atoms. The fraction of sp³-hybridized carbons (Fsp3) is 0.450. The summed E-state index contributed by atoms with van der Waals surface area (Å²) < 4.78 is 0. The van der Waals surface area contributed by atoms with Gasteiger partial charge in [0.25, 0.3) is 11.5 Å². The van der Waals surface area contributed by atoms with E-state index in [2.05, 4.69) is 9.97 Å². The molecule has 6 nitrogen and oxygen atoms in total. The van der Waals surface area contributed by atoms with Crippen molar-refractivity contribution in [3.8, 4) is 0 Å². The topological polar surface area (TPSA) is 69.3 Å². The van der Waals surface area contributed by atoms with Crippen LogP contribution >= 0.6 is 0 Å². The summed E-state index contributed by atoms with van der Waals surface area (Å²) in [7, 11) is 3.96. The molecule has 2 aliphatic rings. The largest absolute Gasteiger partial charge is 0.378 e. The maximum Gasteiger partial charge on any atom is 0.254 e. The number of aromatic nitrogens is 2. The zero-order valence-electron chi connectivity index (χ0n) is 15.5. The second-order valence-corrected chi connectivity index (χ2v) is 7.57. The molecular weight excluding hydrogens is 328 g/mol. The van der Waals surface area contributed by atoms with E-state index in [4.69, 9.17) is 0 Å². The van der Waals surface area contributed by atoms with Crippen LogP contribution in [0.4, 0.5) is 5.69 Å². The van der Waals surface area contributed by atoms with Gasteiger partial charge in [0.2, 0.25) is 0 Å². The highest BCUT2D eigenvalue weighted by Crippen LogP contribution is 2.39. The van der Waals surface area contributed by atoms with Crippen LogP contribution in [0.1, 0.15) is 39.8 Å². The smallest absolute Gasteiger partial charge is 0.254 e. The molecule has 2 aromatic rings. The Bertz CT molecular complexity index is 901. The molecule has 4 rings (SSSR count). The van der Waals surface area contributed by atoms with Crippen molar-refractivity contribution in [3.05, 3.63) is 57.3 Å². The van der Waals surface area contributed by atoms with E-state index in [1.165, 1.54) is 0 Å². The lowest BCUT2D eigenvalue weighted by Crippen LogP contribution is -2.29. The molecule has 1 saturated heterocycles. The summed E-state index contributed by atoms with van der Waals surface area (Å²) >= 11 is 0. The standard InChI is InChI=1S/C20H24N4O2/c1-12-21-18-16(19(25)22-12)9-6-14-10-24(11-17(14)18)20(26)13-4-7-15(8-5-13)23(2)3/h4-5,7-8,14,17H,6,9-11H2,1-3H3,(H,21,22,25)/t14-,17+/m1/s1. The molecule has 6 heteroatoms. The molecule has 136 valence electrons. The van der Waals surface area contributed by atoms with Gasteiger partial charge in [-0.05, 0) is 49.9 Å². The SMILES string of the molecule is Cc1nc2c(c(=O)[nH]1)CC[C@@H]1CN(C(=O)c3ccc(N(C)C)cc3)C[C@H]21. The van der Waals surface area contributed by atoms with Crippen LogP contribution in [0.25, 0.3) is 0 Å². The predicted octanol–water partition coefficient (Wildman–Crippen LogP) is 1.95. The number of nitrogens with one attached hydrogen (secondary N) is 1. The van der Waals surface area contributed by atoms with Gasteiger partial charge in [0.1, 0.15) is 5.82 Å². The maximum atomic E-state index is 12.9. The van der Waals surface area contributed by atoms with Gasteiger partial charge in [-0.3, -0.25) is 9.59 Å². The molecule has 1 aromatic heterocycles.